The first-order chi connectivity index (χ1) is 15.6. The molecular weight excluding hydrogens is 412 g/mol. The van der Waals surface area contributed by atoms with E-state index in [1.807, 2.05) is 24.3 Å². The van der Waals surface area contributed by atoms with Crippen molar-refractivity contribution in [3.8, 4) is 34.3 Å². The summed E-state index contributed by atoms with van der Waals surface area (Å²) in [7, 11) is 6.24. The summed E-state index contributed by atoms with van der Waals surface area (Å²) in [6.07, 6.45) is 1.66. The molecule has 0 fully saturated rings. The number of rotatable bonds is 7. The number of carbonyl (C=O) groups excluding carboxylic acids is 1. The van der Waals surface area contributed by atoms with E-state index in [9.17, 15) is 4.79 Å². The Kier molecular flexibility index (Phi) is 5.80. The van der Waals surface area contributed by atoms with Crippen molar-refractivity contribution >= 4 is 17.2 Å². The highest BCUT2D eigenvalue weighted by Gasteiger charge is 2.17. The van der Waals surface area contributed by atoms with Crippen molar-refractivity contribution in [2.75, 3.05) is 33.8 Å². The molecule has 0 unspecified atom stereocenters. The van der Waals surface area contributed by atoms with E-state index >= 15 is 0 Å². The highest BCUT2D eigenvalue weighted by Crippen LogP contribution is 2.32. The molecule has 2 heterocycles. The number of methoxy groups -OCH3 is 4. The van der Waals surface area contributed by atoms with E-state index in [2.05, 4.69) is 15.4 Å². The lowest BCUT2D eigenvalue weighted by Gasteiger charge is -2.11. The van der Waals surface area contributed by atoms with E-state index in [1.54, 1.807) is 56.3 Å². The third-order valence-electron chi connectivity index (χ3n) is 4.93. The fraction of sp³-hybridized carbons (Fsp3) is 0.174. The van der Waals surface area contributed by atoms with Crippen LogP contribution in [0.1, 0.15) is 10.5 Å². The van der Waals surface area contributed by atoms with Crippen molar-refractivity contribution in [1.29, 1.82) is 0 Å². The van der Waals surface area contributed by atoms with Gasteiger partial charge in [0.2, 0.25) is 0 Å². The second-order valence-electron chi connectivity index (χ2n) is 6.72. The van der Waals surface area contributed by atoms with Gasteiger partial charge in [-0.05, 0) is 36.4 Å². The van der Waals surface area contributed by atoms with Crippen LogP contribution in [0.25, 0.3) is 16.9 Å². The predicted octanol–water partition coefficient (Wildman–Crippen LogP) is 3.68. The smallest absolute Gasteiger partial charge is 0.276 e. The van der Waals surface area contributed by atoms with Crippen LogP contribution >= 0.6 is 0 Å². The molecule has 0 aliphatic carbocycles. The second kappa shape index (κ2) is 8.84. The Morgan fingerprint density at radius 1 is 0.844 bits per heavy atom. The van der Waals surface area contributed by atoms with Gasteiger partial charge in [0.15, 0.2) is 22.8 Å². The topological polar surface area (TPSA) is 96.2 Å². The number of anilines is 1. The van der Waals surface area contributed by atoms with Crippen LogP contribution in [0, 0.1) is 0 Å². The largest absolute Gasteiger partial charge is 0.497 e. The third-order valence-corrected chi connectivity index (χ3v) is 4.93. The molecule has 0 aliphatic rings. The van der Waals surface area contributed by atoms with Gasteiger partial charge in [-0.15, -0.1) is 0 Å². The van der Waals surface area contributed by atoms with E-state index in [1.165, 1.54) is 7.11 Å². The zero-order chi connectivity index (χ0) is 22.7. The van der Waals surface area contributed by atoms with E-state index in [0.717, 1.165) is 11.3 Å². The monoisotopic (exact) mass is 434 g/mol. The maximum absolute atomic E-state index is 12.9. The molecule has 4 rings (SSSR count). The van der Waals surface area contributed by atoms with Crippen molar-refractivity contribution in [3.63, 3.8) is 0 Å². The number of carbonyl (C=O) groups is 1. The van der Waals surface area contributed by atoms with Crippen molar-refractivity contribution in [1.82, 2.24) is 14.6 Å². The Hall–Kier alpha value is -4.27. The van der Waals surface area contributed by atoms with Gasteiger partial charge in [0, 0.05) is 23.9 Å². The summed E-state index contributed by atoms with van der Waals surface area (Å²) in [5.41, 5.74) is 2.83. The van der Waals surface area contributed by atoms with Crippen LogP contribution in [0.5, 0.6) is 23.0 Å². The number of ether oxygens (including phenoxy) is 4. The number of hydrogen-bond donors (Lipinski definition) is 1. The van der Waals surface area contributed by atoms with E-state index in [-0.39, 0.29) is 5.69 Å². The van der Waals surface area contributed by atoms with Crippen molar-refractivity contribution < 1.29 is 23.7 Å². The summed E-state index contributed by atoms with van der Waals surface area (Å²) in [6, 6.07) is 14.1. The molecule has 0 radical (unpaired) electrons. The van der Waals surface area contributed by atoms with Crippen LogP contribution in [-0.4, -0.2) is 48.9 Å². The van der Waals surface area contributed by atoms with Crippen molar-refractivity contribution in [3.05, 3.63) is 60.4 Å². The van der Waals surface area contributed by atoms with Gasteiger partial charge in [0.1, 0.15) is 11.5 Å². The molecule has 32 heavy (non-hydrogen) atoms. The molecule has 0 spiro atoms. The first-order valence-corrected chi connectivity index (χ1v) is 9.68. The lowest BCUT2D eigenvalue weighted by Crippen LogP contribution is -2.13. The Balaban J connectivity index is 1.69. The van der Waals surface area contributed by atoms with Gasteiger partial charge in [-0.25, -0.2) is 9.50 Å². The fourth-order valence-corrected chi connectivity index (χ4v) is 3.31. The van der Waals surface area contributed by atoms with Crippen LogP contribution in [0.3, 0.4) is 0 Å². The molecule has 0 aliphatic heterocycles. The maximum atomic E-state index is 12.9. The number of benzene rings is 2. The maximum Gasteiger partial charge on any atom is 0.276 e. The third kappa shape index (κ3) is 3.87. The van der Waals surface area contributed by atoms with Crippen LogP contribution in [0.4, 0.5) is 5.69 Å². The molecule has 9 heteroatoms. The standard InChI is InChI=1S/C23H22N4O5/c1-29-15-6-7-16(20(12-15)31-3)25-23(28)17-13-22-24-10-9-18(27(22)26-17)14-5-8-19(30-2)21(11-14)32-4/h5-13H,1-4H3,(H,25,28). The minimum Gasteiger partial charge on any atom is -0.497 e. The quantitative estimate of drug-likeness (QED) is 0.474. The first-order valence-electron chi connectivity index (χ1n) is 9.68. The lowest BCUT2D eigenvalue weighted by atomic mass is 10.1. The molecule has 1 amide bonds. The molecule has 0 saturated heterocycles. The van der Waals surface area contributed by atoms with Crippen LogP contribution in [-0.2, 0) is 0 Å². The molecule has 1 N–H and O–H groups in total. The van der Waals surface area contributed by atoms with Crippen LogP contribution in [0.2, 0.25) is 0 Å². The summed E-state index contributed by atoms with van der Waals surface area (Å²) < 4.78 is 22.9. The van der Waals surface area contributed by atoms with Crippen LogP contribution < -0.4 is 24.3 Å². The van der Waals surface area contributed by atoms with E-state index in [4.69, 9.17) is 18.9 Å². The predicted molar refractivity (Wildman–Crippen MR) is 119 cm³/mol. The lowest BCUT2D eigenvalue weighted by molar-refractivity contribution is 0.102. The van der Waals surface area contributed by atoms with Gasteiger partial charge in [0.25, 0.3) is 5.91 Å². The number of nitrogens with one attached hydrogen (secondary N) is 1. The van der Waals surface area contributed by atoms with Gasteiger partial charge in [-0.2, -0.15) is 5.10 Å². The number of fused-ring (bicyclic) bond motifs is 1. The van der Waals surface area contributed by atoms with Gasteiger partial charge < -0.3 is 24.3 Å². The van der Waals surface area contributed by atoms with Crippen molar-refractivity contribution in [2.45, 2.75) is 0 Å². The molecule has 0 saturated carbocycles. The molecule has 9 nitrogen and oxygen atoms in total. The van der Waals surface area contributed by atoms with E-state index < -0.39 is 5.91 Å². The summed E-state index contributed by atoms with van der Waals surface area (Å²) in [5, 5.41) is 7.30. The number of amides is 1. The summed E-state index contributed by atoms with van der Waals surface area (Å²) in [6.45, 7) is 0. The first kappa shape index (κ1) is 21.0. The summed E-state index contributed by atoms with van der Waals surface area (Å²) >= 11 is 0. The van der Waals surface area contributed by atoms with Crippen LogP contribution in [0.15, 0.2) is 54.7 Å². The number of hydrogen-bond acceptors (Lipinski definition) is 7. The molecule has 4 aromatic rings. The molecule has 2 aromatic heterocycles. The van der Waals surface area contributed by atoms with Gasteiger partial charge in [-0.3, -0.25) is 4.79 Å². The molecule has 0 atom stereocenters. The summed E-state index contributed by atoms with van der Waals surface area (Å²) in [5.74, 6) is 1.92. The Bertz CT molecular complexity index is 1280. The summed E-state index contributed by atoms with van der Waals surface area (Å²) in [4.78, 5) is 17.2. The zero-order valence-corrected chi connectivity index (χ0v) is 18.1. The average Bonchev–Trinajstić information content (AvgIpc) is 3.28. The SMILES string of the molecule is COc1ccc(NC(=O)c2cc3nccc(-c4ccc(OC)c(OC)c4)n3n2)c(OC)c1. The molecule has 0 bridgehead atoms. The number of nitrogens with zero attached hydrogens (tertiary/aromatic N) is 3. The van der Waals surface area contributed by atoms with Crippen molar-refractivity contribution in [2.24, 2.45) is 0 Å². The normalized spacial score (nSPS) is 10.6. The molecule has 164 valence electrons. The second-order valence-corrected chi connectivity index (χ2v) is 6.72. The molecule has 2 aromatic carbocycles. The van der Waals surface area contributed by atoms with E-state index in [0.29, 0.717) is 34.3 Å². The minimum atomic E-state index is -0.391. The number of aromatic nitrogens is 3. The minimum absolute atomic E-state index is 0.211. The highest BCUT2D eigenvalue weighted by atomic mass is 16.5. The average molecular weight is 434 g/mol. The Labute approximate surface area is 184 Å². The molecular formula is C23H22N4O5. The van der Waals surface area contributed by atoms with Gasteiger partial charge in [-0.1, -0.05) is 0 Å². The van der Waals surface area contributed by atoms with Gasteiger partial charge in [0.05, 0.1) is 39.8 Å². The zero-order valence-electron chi connectivity index (χ0n) is 18.1. The highest BCUT2D eigenvalue weighted by molar-refractivity contribution is 6.04. The Morgan fingerprint density at radius 3 is 2.34 bits per heavy atom. The Morgan fingerprint density at radius 2 is 1.62 bits per heavy atom. The fourth-order valence-electron chi connectivity index (χ4n) is 3.31. The van der Waals surface area contributed by atoms with Gasteiger partial charge >= 0.3 is 0 Å².